The van der Waals surface area contributed by atoms with Gasteiger partial charge in [-0.2, -0.15) is 0 Å². The van der Waals surface area contributed by atoms with E-state index < -0.39 is 0 Å². The Kier molecular flexibility index (Phi) is 2.28. The number of aliphatic hydroxyl groups excluding tert-OH is 1. The third-order valence-electron chi connectivity index (χ3n) is 1.59. The molecule has 0 atom stereocenters. The lowest BCUT2D eigenvalue weighted by Gasteiger charge is -2.10. The first-order chi connectivity index (χ1) is 5.69. The monoisotopic (exact) mass is 166 g/mol. The van der Waals surface area contributed by atoms with Crippen LogP contribution in [0.5, 0.6) is 0 Å². The Morgan fingerprint density at radius 2 is 2.17 bits per heavy atom. The Labute approximate surface area is 70.3 Å². The molecule has 0 amide bonds. The second kappa shape index (κ2) is 3.21. The fourth-order valence-corrected chi connectivity index (χ4v) is 0.933. The molecule has 12 heavy (non-hydrogen) atoms. The normalized spacial score (nSPS) is 20.5. The van der Waals surface area contributed by atoms with Crippen LogP contribution in [-0.4, -0.2) is 30.7 Å². The number of nitrogens with one attached hydrogen (secondary N) is 1. The second-order valence-corrected chi connectivity index (χ2v) is 2.31. The highest BCUT2D eigenvalue weighted by molar-refractivity contribution is 6.49. The van der Waals surface area contributed by atoms with Crippen molar-refractivity contribution in [1.82, 2.24) is 5.32 Å². The molecule has 0 saturated heterocycles. The number of likely N-dealkylation sites (N-methyl/N-ethyl adjacent to an activating group) is 1. The molecule has 0 bridgehead atoms. The molecule has 1 aliphatic rings. The van der Waals surface area contributed by atoms with Crippen molar-refractivity contribution in [3.63, 3.8) is 0 Å². The van der Waals surface area contributed by atoms with Crippen LogP contribution in [0.25, 0.3) is 0 Å². The summed E-state index contributed by atoms with van der Waals surface area (Å²) in [5, 5.41) is 12.0. The fraction of sp³-hybridized carbons (Fsp3) is 0.250. The van der Waals surface area contributed by atoms with Gasteiger partial charge in [-0.15, -0.1) is 0 Å². The number of nitrogens with zero attached hydrogens (tertiary/aromatic N) is 1. The maximum atomic E-state index is 11.1. The predicted molar refractivity (Wildman–Crippen MR) is 46.2 cm³/mol. The van der Waals surface area contributed by atoms with Gasteiger partial charge in [-0.3, -0.25) is 9.79 Å². The molecule has 0 fully saturated rings. The fourth-order valence-electron chi connectivity index (χ4n) is 0.933. The molecule has 0 aromatic heterocycles. The molecule has 4 nitrogen and oxygen atoms in total. The molecular formula is C8H10N2O2. The largest absolute Gasteiger partial charge is 0.506 e. The van der Waals surface area contributed by atoms with E-state index in [0.29, 0.717) is 11.4 Å². The number of aliphatic imine (C=N–C) groups is 1. The number of rotatable bonds is 1. The maximum absolute atomic E-state index is 11.1. The first kappa shape index (κ1) is 8.52. The van der Waals surface area contributed by atoms with Gasteiger partial charge in [0, 0.05) is 20.2 Å². The summed E-state index contributed by atoms with van der Waals surface area (Å²) in [7, 11) is 3.20. The van der Waals surface area contributed by atoms with Gasteiger partial charge in [0.1, 0.15) is 11.5 Å². The summed E-state index contributed by atoms with van der Waals surface area (Å²) in [6.45, 7) is 0. The van der Waals surface area contributed by atoms with Crippen molar-refractivity contribution >= 4 is 11.5 Å². The zero-order valence-corrected chi connectivity index (χ0v) is 6.96. The van der Waals surface area contributed by atoms with E-state index in [1.165, 1.54) is 13.1 Å². The smallest absolute Gasteiger partial charge is 0.207 e. The topological polar surface area (TPSA) is 61.7 Å². The average Bonchev–Trinajstić information content (AvgIpc) is 2.05. The van der Waals surface area contributed by atoms with Crippen molar-refractivity contribution in [2.24, 2.45) is 4.99 Å². The summed E-state index contributed by atoms with van der Waals surface area (Å²) in [4.78, 5) is 14.8. The molecule has 0 unspecified atom stereocenters. The van der Waals surface area contributed by atoms with E-state index in [1.807, 2.05) is 0 Å². The molecule has 1 aliphatic carbocycles. The molecule has 0 heterocycles. The zero-order valence-electron chi connectivity index (χ0n) is 6.96. The summed E-state index contributed by atoms with van der Waals surface area (Å²) in [5.41, 5.74) is 0.854. The van der Waals surface area contributed by atoms with Gasteiger partial charge in [-0.25, -0.2) is 0 Å². The molecule has 1 rings (SSSR count). The van der Waals surface area contributed by atoms with Crippen LogP contribution in [0.4, 0.5) is 0 Å². The Morgan fingerprint density at radius 3 is 2.67 bits per heavy atom. The number of carbonyl (C=O) groups is 1. The van der Waals surface area contributed by atoms with Crippen LogP contribution in [0.15, 0.2) is 28.6 Å². The van der Waals surface area contributed by atoms with Gasteiger partial charge in [-0.05, 0) is 6.08 Å². The van der Waals surface area contributed by atoms with Gasteiger partial charge in [0.2, 0.25) is 5.78 Å². The van der Waals surface area contributed by atoms with Crippen molar-refractivity contribution in [2.75, 3.05) is 14.1 Å². The van der Waals surface area contributed by atoms with Gasteiger partial charge in [0.25, 0.3) is 0 Å². The molecule has 0 aliphatic heterocycles. The molecule has 64 valence electrons. The summed E-state index contributed by atoms with van der Waals surface area (Å²) < 4.78 is 0. The third kappa shape index (κ3) is 1.37. The van der Waals surface area contributed by atoms with Crippen molar-refractivity contribution in [1.29, 1.82) is 0 Å². The lowest BCUT2D eigenvalue weighted by molar-refractivity contribution is -0.109. The molecule has 0 saturated carbocycles. The SMILES string of the molecule is CN=C1C=C(NC)C(O)=CC1=O. The zero-order chi connectivity index (χ0) is 9.14. The highest BCUT2D eigenvalue weighted by Gasteiger charge is 2.15. The Balaban J connectivity index is 3.06. The van der Waals surface area contributed by atoms with E-state index in [9.17, 15) is 9.90 Å². The number of hydrogen-bond acceptors (Lipinski definition) is 4. The molecule has 0 spiro atoms. The van der Waals surface area contributed by atoms with E-state index in [-0.39, 0.29) is 11.5 Å². The van der Waals surface area contributed by atoms with Crippen LogP contribution in [0.3, 0.4) is 0 Å². The van der Waals surface area contributed by atoms with Crippen LogP contribution in [0.2, 0.25) is 0 Å². The summed E-state index contributed by atoms with van der Waals surface area (Å²) in [6.07, 6.45) is 2.66. The van der Waals surface area contributed by atoms with E-state index in [1.54, 1.807) is 7.05 Å². The highest BCUT2D eigenvalue weighted by atomic mass is 16.3. The number of allylic oxidation sites excluding steroid dienone is 2. The summed E-state index contributed by atoms with van der Waals surface area (Å²) in [6, 6.07) is 0. The molecule has 4 heteroatoms. The molecular weight excluding hydrogens is 156 g/mol. The second-order valence-electron chi connectivity index (χ2n) is 2.31. The first-order valence-corrected chi connectivity index (χ1v) is 3.50. The maximum Gasteiger partial charge on any atom is 0.207 e. The van der Waals surface area contributed by atoms with Crippen LogP contribution < -0.4 is 5.32 Å². The Hall–Kier alpha value is -1.58. The number of ketones is 1. The highest BCUT2D eigenvalue weighted by Crippen LogP contribution is 2.09. The predicted octanol–water partition coefficient (Wildman–Crippen LogP) is 0.185. The average molecular weight is 166 g/mol. The van der Waals surface area contributed by atoms with Gasteiger partial charge in [-0.1, -0.05) is 0 Å². The number of carbonyl (C=O) groups excluding carboxylic acids is 1. The van der Waals surface area contributed by atoms with Gasteiger partial charge in [0.15, 0.2) is 0 Å². The molecule has 0 radical (unpaired) electrons. The molecule has 0 aromatic rings. The first-order valence-electron chi connectivity index (χ1n) is 3.50. The van der Waals surface area contributed by atoms with Crippen molar-refractivity contribution < 1.29 is 9.90 Å². The minimum Gasteiger partial charge on any atom is -0.506 e. The molecule has 0 aromatic carbocycles. The van der Waals surface area contributed by atoms with Crippen LogP contribution in [0.1, 0.15) is 0 Å². The number of aliphatic hydroxyl groups is 1. The van der Waals surface area contributed by atoms with Crippen molar-refractivity contribution in [3.05, 3.63) is 23.6 Å². The van der Waals surface area contributed by atoms with E-state index in [0.717, 1.165) is 6.08 Å². The minimum absolute atomic E-state index is 0.0464. The Morgan fingerprint density at radius 1 is 1.50 bits per heavy atom. The standard InChI is InChI=1S/C8H10N2O2/c1-9-5-3-6(10-2)8(12)4-7(5)11/h3-4,9,11H,1-2H3. The van der Waals surface area contributed by atoms with E-state index >= 15 is 0 Å². The summed E-state index contributed by atoms with van der Waals surface area (Å²) >= 11 is 0. The Bertz CT molecular complexity index is 300. The van der Waals surface area contributed by atoms with Crippen molar-refractivity contribution in [2.45, 2.75) is 0 Å². The van der Waals surface area contributed by atoms with E-state index in [4.69, 9.17) is 0 Å². The lowest BCUT2D eigenvalue weighted by Crippen LogP contribution is -2.20. The van der Waals surface area contributed by atoms with Gasteiger partial charge >= 0.3 is 0 Å². The summed E-state index contributed by atoms with van der Waals surface area (Å²) in [5.74, 6) is -0.316. The number of hydrogen-bond donors (Lipinski definition) is 2. The van der Waals surface area contributed by atoms with Crippen molar-refractivity contribution in [3.8, 4) is 0 Å². The lowest BCUT2D eigenvalue weighted by atomic mass is 10.1. The molecule has 2 N–H and O–H groups in total. The van der Waals surface area contributed by atoms with Crippen LogP contribution >= 0.6 is 0 Å². The quantitative estimate of drug-likeness (QED) is 0.546. The van der Waals surface area contributed by atoms with Gasteiger partial charge < -0.3 is 10.4 Å². The van der Waals surface area contributed by atoms with Gasteiger partial charge in [0.05, 0.1) is 5.70 Å². The van der Waals surface area contributed by atoms with E-state index in [2.05, 4.69) is 10.3 Å². The third-order valence-corrected chi connectivity index (χ3v) is 1.59. The van der Waals surface area contributed by atoms with Crippen LogP contribution in [-0.2, 0) is 4.79 Å². The van der Waals surface area contributed by atoms with Crippen LogP contribution in [0, 0.1) is 0 Å². The minimum atomic E-state index is -0.269.